The molecule has 5 heteroatoms. The first-order valence-electron chi connectivity index (χ1n) is 10.0. The van der Waals surface area contributed by atoms with Crippen molar-refractivity contribution in [1.82, 2.24) is 19.9 Å². The summed E-state index contributed by atoms with van der Waals surface area (Å²) in [4.78, 5) is 16.3. The minimum absolute atomic E-state index is 0.299. The highest BCUT2D eigenvalue weighted by Crippen LogP contribution is 2.32. The summed E-state index contributed by atoms with van der Waals surface area (Å²) in [6, 6.07) is 20.8. The van der Waals surface area contributed by atoms with Crippen LogP contribution in [0.4, 0.5) is 4.39 Å². The van der Waals surface area contributed by atoms with E-state index in [2.05, 4.69) is 16.0 Å². The molecule has 0 spiro atoms. The van der Waals surface area contributed by atoms with Crippen LogP contribution < -0.4 is 0 Å². The zero-order valence-corrected chi connectivity index (χ0v) is 16.4. The molecule has 0 aliphatic carbocycles. The van der Waals surface area contributed by atoms with E-state index in [1.54, 1.807) is 12.1 Å². The second kappa shape index (κ2) is 6.92. The topological polar surface area (TPSA) is 57.4 Å². The maximum atomic E-state index is 14.8. The fraction of sp³-hybridized carbons (Fsp3) is 0. The Hall–Kier alpha value is -4.25. The smallest absolute Gasteiger partial charge is 0.131 e. The Labute approximate surface area is 177 Å². The van der Waals surface area contributed by atoms with Crippen LogP contribution in [0.2, 0.25) is 0 Å². The van der Waals surface area contributed by atoms with Crippen LogP contribution in [0.15, 0.2) is 66.7 Å². The lowest BCUT2D eigenvalue weighted by Gasteiger charge is -2.06. The molecular weight excluding hydrogens is 387 g/mol. The molecule has 0 saturated heterocycles. The molecule has 5 heterocycles. The van der Waals surface area contributed by atoms with Crippen molar-refractivity contribution in [2.75, 3.05) is 0 Å². The largest absolute Gasteiger partial charge is 0.355 e. The van der Waals surface area contributed by atoms with Crippen molar-refractivity contribution in [3.05, 3.63) is 95.3 Å². The third-order valence-electron chi connectivity index (χ3n) is 5.36. The van der Waals surface area contributed by atoms with Gasteiger partial charge in [-0.1, -0.05) is 18.2 Å². The van der Waals surface area contributed by atoms with Crippen molar-refractivity contribution in [3.63, 3.8) is 0 Å². The van der Waals surface area contributed by atoms with E-state index in [0.717, 1.165) is 33.5 Å². The van der Waals surface area contributed by atoms with Gasteiger partial charge in [0.25, 0.3) is 0 Å². The maximum absolute atomic E-state index is 14.8. The van der Waals surface area contributed by atoms with Gasteiger partial charge >= 0.3 is 0 Å². The number of nitrogens with one attached hydrogen (secondary N) is 2. The van der Waals surface area contributed by atoms with Crippen LogP contribution >= 0.6 is 0 Å². The van der Waals surface area contributed by atoms with E-state index in [0.29, 0.717) is 22.5 Å². The van der Waals surface area contributed by atoms with E-state index in [1.807, 2.05) is 66.8 Å². The molecule has 6 rings (SSSR count). The molecule has 2 aliphatic rings. The second-order valence-corrected chi connectivity index (χ2v) is 7.54. The van der Waals surface area contributed by atoms with Crippen LogP contribution in [0.3, 0.4) is 0 Å². The molecule has 8 bridgehead atoms. The summed E-state index contributed by atoms with van der Waals surface area (Å²) in [5, 5.41) is 0. The molecule has 4 aromatic rings. The number of fused-ring (bicyclic) bond motifs is 8. The minimum atomic E-state index is -0.299. The van der Waals surface area contributed by atoms with Gasteiger partial charge < -0.3 is 9.97 Å². The first-order chi connectivity index (χ1) is 15.2. The number of aromatic amines is 2. The first-order valence-corrected chi connectivity index (χ1v) is 10.0. The first kappa shape index (κ1) is 17.6. The van der Waals surface area contributed by atoms with Gasteiger partial charge in [0.1, 0.15) is 5.82 Å². The van der Waals surface area contributed by atoms with Crippen LogP contribution in [0.5, 0.6) is 0 Å². The normalized spacial score (nSPS) is 12.4. The Morgan fingerprint density at radius 1 is 0.581 bits per heavy atom. The number of hydrogen-bond acceptors (Lipinski definition) is 2. The number of benzene rings is 1. The fourth-order valence-corrected chi connectivity index (χ4v) is 3.95. The minimum Gasteiger partial charge on any atom is -0.355 e. The van der Waals surface area contributed by atoms with Crippen molar-refractivity contribution in [2.45, 2.75) is 0 Å². The SMILES string of the molecule is Fc1ccccc1-c1c2nc(cc3ccc(cc4ccc(cc5nc1C=C5)[nH]4)[nH]3)C=C2. The van der Waals surface area contributed by atoms with E-state index < -0.39 is 0 Å². The van der Waals surface area contributed by atoms with Crippen molar-refractivity contribution in [2.24, 2.45) is 0 Å². The van der Waals surface area contributed by atoms with Crippen LogP contribution in [0.25, 0.3) is 57.5 Å². The lowest BCUT2D eigenvalue weighted by atomic mass is 10.0. The summed E-state index contributed by atoms with van der Waals surface area (Å²) in [6.07, 6.45) is 7.70. The Morgan fingerprint density at radius 2 is 1.10 bits per heavy atom. The van der Waals surface area contributed by atoms with Gasteiger partial charge in [-0.3, -0.25) is 0 Å². The van der Waals surface area contributed by atoms with Gasteiger partial charge in [0.2, 0.25) is 0 Å². The summed E-state index contributed by atoms with van der Waals surface area (Å²) in [7, 11) is 0. The molecule has 0 fully saturated rings. The summed E-state index contributed by atoms with van der Waals surface area (Å²) < 4.78 is 14.8. The van der Waals surface area contributed by atoms with Gasteiger partial charge in [0, 0.05) is 33.2 Å². The van der Waals surface area contributed by atoms with E-state index in [9.17, 15) is 4.39 Å². The molecule has 148 valence electrons. The van der Waals surface area contributed by atoms with Crippen LogP contribution in [0, 0.1) is 5.82 Å². The quantitative estimate of drug-likeness (QED) is 0.330. The molecule has 0 unspecified atom stereocenters. The molecule has 2 aliphatic heterocycles. The number of halogens is 1. The summed E-state index contributed by atoms with van der Waals surface area (Å²) in [5.41, 5.74) is 8.01. The van der Waals surface area contributed by atoms with Crippen molar-refractivity contribution < 1.29 is 4.39 Å². The summed E-state index contributed by atoms with van der Waals surface area (Å²) in [6.45, 7) is 0. The molecule has 4 nitrogen and oxygen atoms in total. The van der Waals surface area contributed by atoms with E-state index in [1.165, 1.54) is 6.07 Å². The molecule has 0 amide bonds. The highest BCUT2D eigenvalue weighted by molar-refractivity contribution is 5.89. The molecular formula is C26H17FN4. The van der Waals surface area contributed by atoms with Crippen molar-refractivity contribution in [3.8, 4) is 11.1 Å². The number of hydrogen-bond donors (Lipinski definition) is 2. The van der Waals surface area contributed by atoms with Gasteiger partial charge in [-0.05, 0) is 72.8 Å². The Kier molecular flexibility index (Phi) is 3.93. The molecule has 2 N–H and O–H groups in total. The third-order valence-corrected chi connectivity index (χ3v) is 5.36. The van der Waals surface area contributed by atoms with Gasteiger partial charge in [-0.25, -0.2) is 14.4 Å². The van der Waals surface area contributed by atoms with E-state index >= 15 is 0 Å². The molecule has 0 radical (unpaired) electrons. The molecule has 0 saturated carbocycles. The molecule has 1 aromatic carbocycles. The maximum Gasteiger partial charge on any atom is 0.131 e. The highest BCUT2D eigenvalue weighted by Gasteiger charge is 2.16. The summed E-state index contributed by atoms with van der Waals surface area (Å²) >= 11 is 0. The predicted molar refractivity (Wildman–Crippen MR) is 124 cm³/mol. The van der Waals surface area contributed by atoms with E-state index in [-0.39, 0.29) is 5.82 Å². The molecule has 0 atom stereocenters. The van der Waals surface area contributed by atoms with E-state index in [4.69, 9.17) is 9.97 Å². The third kappa shape index (κ3) is 3.26. The number of rotatable bonds is 1. The van der Waals surface area contributed by atoms with Gasteiger partial charge in [0.15, 0.2) is 0 Å². The number of aromatic nitrogens is 4. The Morgan fingerprint density at radius 3 is 1.65 bits per heavy atom. The van der Waals surface area contributed by atoms with Crippen LogP contribution in [-0.4, -0.2) is 19.9 Å². The average molecular weight is 404 g/mol. The second-order valence-electron chi connectivity index (χ2n) is 7.54. The lowest BCUT2D eigenvalue weighted by molar-refractivity contribution is 0.631. The Bertz CT molecular complexity index is 1460. The zero-order chi connectivity index (χ0) is 20.8. The van der Waals surface area contributed by atoms with Gasteiger partial charge in [-0.2, -0.15) is 0 Å². The van der Waals surface area contributed by atoms with Gasteiger partial charge in [0.05, 0.1) is 22.8 Å². The fourth-order valence-electron chi connectivity index (χ4n) is 3.95. The molecule has 3 aromatic heterocycles. The standard InChI is InChI=1S/C26H17FN4/c27-23-4-2-1-3-22(23)26-24-11-9-20(30-24)14-18-7-5-16(28-18)13-17-6-8-19(29-17)15-21-10-12-25(26)31-21/h1-15,28-29H. The molecule has 31 heavy (non-hydrogen) atoms. The van der Waals surface area contributed by atoms with Crippen LogP contribution in [-0.2, 0) is 0 Å². The Balaban J connectivity index is 1.74. The lowest BCUT2D eigenvalue weighted by Crippen LogP contribution is -1.91. The summed E-state index contributed by atoms with van der Waals surface area (Å²) in [5.74, 6) is -0.299. The van der Waals surface area contributed by atoms with Crippen LogP contribution in [0.1, 0.15) is 22.8 Å². The monoisotopic (exact) mass is 404 g/mol. The highest BCUT2D eigenvalue weighted by atomic mass is 19.1. The van der Waals surface area contributed by atoms with Crippen molar-refractivity contribution in [1.29, 1.82) is 0 Å². The zero-order valence-electron chi connectivity index (χ0n) is 16.4. The average Bonchev–Trinajstić information content (AvgIpc) is 3.55. The predicted octanol–water partition coefficient (Wildman–Crippen LogP) is 6.46. The number of H-pyrrole nitrogens is 2. The number of nitrogens with zero attached hydrogens (tertiary/aromatic N) is 2. The van der Waals surface area contributed by atoms with Gasteiger partial charge in [-0.15, -0.1) is 0 Å². The van der Waals surface area contributed by atoms with Crippen molar-refractivity contribution >= 4 is 46.4 Å².